The molecule has 1 atom stereocenters. The Morgan fingerprint density at radius 2 is 2.23 bits per heavy atom. The van der Waals surface area contributed by atoms with Crippen LogP contribution in [0.1, 0.15) is 40.7 Å². The van der Waals surface area contributed by atoms with E-state index < -0.39 is 0 Å². The number of thiazole rings is 1. The number of H-pyrrole nitrogens is 1. The maximum absolute atomic E-state index is 12.9. The number of aryl methyl sites for hydroxylation is 1. The summed E-state index contributed by atoms with van der Waals surface area (Å²) in [4.78, 5) is 41.0. The number of aromatic amines is 1. The summed E-state index contributed by atoms with van der Waals surface area (Å²) in [5.41, 5.74) is 5.56. The minimum absolute atomic E-state index is 0.0419. The van der Waals surface area contributed by atoms with Gasteiger partial charge < -0.3 is 9.88 Å². The van der Waals surface area contributed by atoms with Crippen LogP contribution in [-0.2, 0) is 4.79 Å². The second kappa shape index (κ2) is 7.36. The molecule has 2 amide bonds. The SMILES string of the molecule is Cc1ncsc1C(=O)N1CC=C(c2cc(N(C=O)C3CC3)nc3[nH]ccc23)C(C)C1. The fourth-order valence-corrected chi connectivity index (χ4v) is 4.95. The molecular formula is C22H23N5O2S. The van der Waals surface area contributed by atoms with Gasteiger partial charge in [-0.25, -0.2) is 9.97 Å². The van der Waals surface area contributed by atoms with Gasteiger partial charge in [0.25, 0.3) is 5.91 Å². The minimum Gasteiger partial charge on any atom is -0.346 e. The van der Waals surface area contributed by atoms with Crippen molar-refractivity contribution in [1.82, 2.24) is 19.9 Å². The number of pyridine rings is 1. The molecule has 0 saturated heterocycles. The highest BCUT2D eigenvalue weighted by Crippen LogP contribution is 2.37. The number of anilines is 1. The van der Waals surface area contributed by atoms with Crippen LogP contribution in [-0.4, -0.2) is 51.3 Å². The van der Waals surface area contributed by atoms with E-state index in [9.17, 15) is 9.59 Å². The standard InChI is InChI=1S/C22H23N5O2S/c1-13-10-26(22(29)20-14(2)24-11-30-20)8-6-16(13)18-9-19(27(12-28)15-3-4-15)25-21-17(18)5-7-23-21/h5-7,9,11-13,15H,3-4,8,10H2,1-2H3,(H,23,25). The number of hydrogen-bond acceptors (Lipinski definition) is 5. The van der Waals surface area contributed by atoms with E-state index in [0.29, 0.717) is 23.8 Å². The van der Waals surface area contributed by atoms with Crippen LogP contribution in [0.3, 0.4) is 0 Å². The lowest BCUT2D eigenvalue weighted by Gasteiger charge is -2.31. The monoisotopic (exact) mass is 421 g/mol. The number of aromatic nitrogens is 3. The van der Waals surface area contributed by atoms with E-state index in [0.717, 1.165) is 41.5 Å². The van der Waals surface area contributed by atoms with Crippen molar-refractivity contribution in [2.45, 2.75) is 32.7 Å². The molecule has 3 aromatic heterocycles. The average Bonchev–Trinajstić information content (AvgIpc) is 3.29. The maximum atomic E-state index is 12.9. The van der Waals surface area contributed by atoms with Crippen LogP contribution in [0, 0.1) is 12.8 Å². The van der Waals surface area contributed by atoms with Gasteiger partial charge in [-0.3, -0.25) is 14.5 Å². The molecule has 154 valence electrons. The fourth-order valence-electron chi connectivity index (χ4n) is 4.18. The van der Waals surface area contributed by atoms with Crippen molar-refractivity contribution in [2.75, 3.05) is 18.0 Å². The molecule has 1 N–H and O–H groups in total. The minimum atomic E-state index is 0.0419. The normalized spacial score (nSPS) is 19.1. The molecule has 1 aliphatic heterocycles. The van der Waals surface area contributed by atoms with E-state index in [4.69, 9.17) is 0 Å². The summed E-state index contributed by atoms with van der Waals surface area (Å²) < 4.78 is 0. The largest absolute Gasteiger partial charge is 0.346 e. The zero-order valence-corrected chi connectivity index (χ0v) is 17.8. The Hall–Kier alpha value is -3.00. The average molecular weight is 422 g/mol. The zero-order chi connectivity index (χ0) is 20.8. The lowest BCUT2D eigenvalue weighted by Crippen LogP contribution is -2.38. The zero-order valence-electron chi connectivity index (χ0n) is 17.0. The number of fused-ring (bicyclic) bond motifs is 1. The number of hydrogen-bond donors (Lipinski definition) is 1. The van der Waals surface area contributed by atoms with Crippen molar-refractivity contribution in [2.24, 2.45) is 5.92 Å². The fraction of sp³-hybridized carbons (Fsp3) is 0.364. The number of nitrogens with zero attached hydrogens (tertiary/aromatic N) is 4. The van der Waals surface area contributed by atoms with Crippen molar-refractivity contribution in [3.8, 4) is 0 Å². The summed E-state index contributed by atoms with van der Waals surface area (Å²) in [6.07, 6.45) is 6.94. The lowest BCUT2D eigenvalue weighted by atomic mass is 9.89. The van der Waals surface area contributed by atoms with Gasteiger partial charge in [-0.05, 0) is 49.0 Å². The highest BCUT2D eigenvalue weighted by Gasteiger charge is 2.32. The summed E-state index contributed by atoms with van der Waals surface area (Å²) in [5.74, 6) is 0.888. The van der Waals surface area contributed by atoms with E-state index in [1.807, 2.05) is 30.2 Å². The second-order valence-electron chi connectivity index (χ2n) is 8.05. The van der Waals surface area contributed by atoms with Gasteiger partial charge in [-0.2, -0.15) is 0 Å². The van der Waals surface area contributed by atoms with Crippen LogP contribution in [0.25, 0.3) is 16.6 Å². The van der Waals surface area contributed by atoms with Crippen molar-refractivity contribution in [3.63, 3.8) is 0 Å². The first kappa shape index (κ1) is 19.0. The highest BCUT2D eigenvalue weighted by molar-refractivity contribution is 7.11. The van der Waals surface area contributed by atoms with E-state index in [2.05, 4.69) is 28.0 Å². The van der Waals surface area contributed by atoms with Crippen molar-refractivity contribution >= 4 is 46.1 Å². The third-order valence-electron chi connectivity index (χ3n) is 5.93. The highest BCUT2D eigenvalue weighted by atomic mass is 32.1. The van der Waals surface area contributed by atoms with Gasteiger partial charge in [0.2, 0.25) is 6.41 Å². The molecule has 8 heteroatoms. The molecule has 0 spiro atoms. The molecule has 7 nitrogen and oxygen atoms in total. The van der Waals surface area contributed by atoms with Crippen LogP contribution in [0.5, 0.6) is 0 Å². The first-order valence-corrected chi connectivity index (χ1v) is 11.1. The molecule has 1 saturated carbocycles. The van der Waals surface area contributed by atoms with Crippen molar-refractivity contribution in [3.05, 3.63) is 46.1 Å². The first-order chi connectivity index (χ1) is 14.6. The summed E-state index contributed by atoms with van der Waals surface area (Å²) in [6, 6.07) is 4.30. The van der Waals surface area contributed by atoms with Crippen LogP contribution in [0.15, 0.2) is 29.9 Å². The van der Waals surface area contributed by atoms with Gasteiger partial charge in [-0.15, -0.1) is 11.3 Å². The van der Waals surface area contributed by atoms with E-state index in [1.54, 1.807) is 10.4 Å². The van der Waals surface area contributed by atoms with Gasteiger partial charge in [0.05, 0.1) is 11.2 Å². The van der Waals surface area contributed by atoms with Gasteiger partial charge in [0.15, 0.2) is 0 Å². The number of rotatable bonds is 5. The molecule has 3 aromatic rings. The number of amides is 2. The molecule has 1 unspecified atom stereocenters. The molecule has 0 aromatic carbocycles. The van der Waals surface area contributed by atoms with Gasteiger partial charge in [-0.1, -0.05) is 13.0 Å². The molecule has 2 aliphatic rings. The van der Waals surface area contributed by atoms with Gasteiger partial charge in [0, 0.05) is 30.7 Å². The molecule has 1 aliphatic carbocycles. The molecule has 0 bridgehead atoms. The molecule has 30 heavy (non-hydrogen) atoms. The Labute approximate surface area is 178 Å². The van der Waals surface area contributed by atoms with Crippen LogP contribution in [0.2, 0.25) is 0 Å². The van der Waals surface area contributed by atoms with Gasteiger partial charge >= 0.3 is 0 Å². The molecular weight excluding hydrogens is 398 g/mol. The van der Waals surface area contributed by atoms with Crippen LogP contribution < -0.4 is 4.90 Å². The van der Waals surface area contributed by atoms with E-state index in [-0.39, 0.29) is 17.9 Å². The van der Waals surface area contributed by atoms with Gasteiger partial charge in [0.1, 0.15) is 16.3 Å². The second-order valence-corrected chi connectivity index (χ2v) is 8.90. The summed E-state index contributed by atoms with van der Waals surface area (Å²) in [7, 11) is 0. The predicted molar refractivity (Wildman–Crippen MR) is 118 cm³/mol. The predicted octanol–water partition coefficient (Wildman–Crippen LogP) is 3.63. The number of carbonyl (C=O) groups is 2. The topological polar surface area (TPSA) is 82.2 Å². The number of carbonyl (C=O) groups excluding carboxylic acids is 2. The molecule has 5 rings (SSSR count). The number of nitrogens with one attached hydrogen (secondary N) is 1. The Morgan fingerprint density at radius 3 is 2.90 bits per heavy atom. The third kappa shape index (κ3) is 3.21. The van der Waals surface area contributed by atoms with Crippen LogP contribution >= 0.6 is 11.3 Å². The Morgan fingerprint density at radius 1 is 1.40 bits per heavy atom. The summed E-state index contributed by atoms with van der Waals surface area (Å²) in [6.45, 7) is 5.21. The maximum Gasteiger partial charge on any atom is 0.266 e. The van der Waals surface area contributed by atoms with Crippen molar-refractivity contribution < 1.29 is 9.59 Å². The first-order valence-electron chi connectivity index (χ1n) is 10.2. The quantitative estimate of drug-likeness (QED) is 0.638. The Balaban J connectivity index is 1.50. The Kier molecular flexibility index (Phi) is 4.66. The molecule has 4 heterocycles. The van der Waals surface area contributed by atoms with Crippen LogP contribution in [0.4, 0.5) is 5.82 Å². The smallest absolute Gasteiger partial charge is 0.266 e. The van der Waals surface area contributed by atoms with E-state index >= 15 is 0 Å². The molecule has 1 fully saturated rings. The lowest BCUT2D eigenvalue weighted by molar-refractivity contribution is -0.107. The van der Waals surface area contributed by atoms with Crippen molar-refractivity contribution in [1.29, 1.82) is 0 Å². The summed E-state index contributed by atoms with van der Waals surface area (Å²) >= 11 is 1.39. The third-order valence-corrected chi connectivity index (χ3v) is 6.84. The molecule has 0 radical (unpaired) electrons. The van der Waals surface area contributed by atoms with E-state index in [1.165, 1.54) is 16.9 Å². The summed E-state index contributed by atoms with van der Waals surface area (Å²) in [5, 5.41) is 1.04. The Bertz CT molecular complexity index is 1160.